The monoisotopic (exact) mass is 340 g/mol. The zero-order chi connectivity index (χ0) is 15.0. The molecule has 2 heterocycles. The van der Waals surface area contributed by atoms with Gasteiger partial charge in [0.05, 0.1) is 0 Å². The van der Waals surface area contributed by atoms with Crippen LogP contribution in [0.1, 0.15) is 0 Å². The molecule has 0 fully saturated rings. The van der Waals surface area contributed by atoms with Crippen LogP contribution in [0, 0.1) is 0 Å². The van der Waals surface area contributed by atoms with Crippen LogP contribution in [0.2, 0.25) is 0 Å². The first-order valence-corrected chi connectivity index (χ1v) is 7.18. The summed E-state index contributed by atoms with van der Waals surface area (Å²) in [5, 5.41) is 0. The van der Waals surface area contributed by atoms with Gasteiger partial charge in [0.25, 0.3) is 0 Å². The van der Waals surface area contributed by atoms with Crippen molar-refractivity contribution in [3.63, 3.8) is 0 Å². The zero-order valence-electron chi connectivity index (χ0n) is 12.5. The molecule has 2 aromatic heterocycles. The fourth-order valence-electron chi connectivity index (χ4n) is 2.22. The van der Waals surface area contributed by atoms with Crippen LogP contribution in [0.25, 0.3) is 22.3 Å². The molecule has 0 saturated heterocycles. The summed E-state index contributed by atoms with van der Waals surface area (Å²) in [6, 6.07) is 24.6. The summed E-state index contributed by atoms with van der Waals surface area (Å²) in [5.74, 6) is 0. The number of nitrogens with zero attached hydrogens (tertiary/aromatic N) is 2. The molecule has 0 aliphatic heterocycles. The minimum Gasteiger partial charge on any atom is -0.281 e. The van der Waals surface area contributed by atoms with Crippen LogP contribution in [0.4, 0.5) is 0 Å². The molecule has 23 heavy (non-hydrogen) atoms. The van der Waals surface area contributed by atoms with Crippen molar-refractivity contribution in [3.05, 3.63) is 97.6 Å². The van der Waals surface area contributed by atoms with Crippen LogP contribution in [0.15, 0.2) is 97.6 Å². The molecule has 2 aromatic carbocycles. The van der Waals surface area contributed by atoms with E-state index in [9.17, 15) is 0 Å². The van der Waals surface area contributed by atoms with Crippen molar-refractivity contribution >= 4 is 0 Å². The molecule has 0 N–H and O–H groups in total. The molecule has 2 nitrogen and oxygen atoms in total. The Hall–Kier alpha value is -2.48. The first-order valence-electron chi connectivity index (χ1n) is 7.18. The maximum Gasteiger partial charge on any atom is 2.00 e. The number of rotatable bonds is 2. The van der Waals surface area contributed by atoms with E-state index in [1.54, 1.807) is 0 Å². The first-order chi connectivity index (χ1) is 10.9. The number of hydrogen-bond donors (Lipinski definition) is 0. The summed E-state index contributed by atoms with van der Waals surface area (Å²) in [5.41, 5.74) is 4.97. The molecular formula is C20H16FeN2. The minimum atomic E-state index is 0. The van der Waals surface area contributed by atoms with Gasteiger partial charge in [-0.2, -0.15) is 24.3 Å². The molecule has 0 aliphatic rings. The Kier molecular flexibility index (Phi) is 6.49. The molecule has 0 unspecified atom stereocenters. The van der Waals surface area contributed by atoms with Gasteiger partial charge in [0.1, 0.15) is 0 Å². The Morgan fingerprint density at radius 2 is 0.826 bits per heavy atom. The van der Waals surface area contributed by atoms with Gasteiger partial charge in [-0.1, -0.05) is 11.1 Å². The number of aromatic nitrogens is 2. The van der Waals surface area contributed by atoms with E-state index in [2.05, 4.69) is 34.2 Å². The van der Waals surface area contributed by atoms with Crippen LogP contribution in [0.5, 0.6) is 0 Å². The maximum atomic E-state index is 3.96. The summed E-state index contributed by atoms with van der Waals surface area (Å²) in [4.78, 5) is 7.91. The van der Waals surface area contributed by atoms with Gasteiger partial charge < -0.3 is 0 Å². The smallest absolute Gasteiger partial charge is 0.281 e. The molecule has 4 aromatic rings. The second-order valence-corrected chi connectivity index (χ2v) is 4.82. The van der Waals surface area contributed by atoms with Crippen molar-refractivity contribution in [2.75, 3.05) is 0 Å². The molecular weight excluding hydrogens is 324 g/mol. The number of pyridine rings is 2. The van der Waals surface area contributed by atoms with E-state index < -0.39 is 0 Å². The van der Waals surface area contributed by atoms with Gasteiger partial charge >= 0.3 is 17.1 Å². The van der Waals surface area contributed by atoms with Crippen LogP contribution >= 0.6 is 0 Å². The van der Waals surface area contributed by atoms with Crippen LogP contribution < -0.4 is 0 Å². The molecule has 0 bridgehead atoms. The number of hydrogen-bond acceptors (Lipinski definition) is 2. The summed E-state index contributed by atoms with van der Waals surface area (Å²) in [6.45, 7) is 0. The Labute approximate surface area is 147 Å². The van der Waals surface area contributed by atoms with Crippen LogP contribution in [0.3, 0.4) is 0 Å². The van der Waals surface area contributed by atoms with Gasteiger partial charge in [-0.25, -0.2) is 0 Å². The van der Waals surface area contributed by atoms with E-state index in [4.69, 9.17) is 0 Å². The summed E-state index contributed by atoms with van der Waals surface area (Å²) < 4.78 is 0. The molecule has 0 amide bonds. The van der Waals surface area contributed by atoms with Crippen molar-refractivity contribution in [1.82, 2.24) is 9.97 Å². The fraction of sp³-hybridized carbons (Fsp3) is 0. The first kappa shape index (κ1) is 16.9. The average molecular weight is 340 g/mol. The Morgan fingerprint density at radius 1 is 0.522 bits per heavy atom. The molecule has 3 heteroatoms. The van der Waals surface area contributed by atoms with E-state index >= 15 is 0 Å². The Balaban J connectivity index is 0.000000160. The standard InChI is InChI=1S/2C10H8N.Fe/c2*1-2-4-9(3-1)10-5-7-11-8-6-10;/h2*1-8H;/q2*-1;+2. The fourth-order valence-corrected chi connectivity index (χ4v) is 2.22. The third kappa shape index (κ3) is 4.75. The SMILES string of the molecule is [Fe+2].c1cc[c-](-c2ccncc2)c1.c1cc[c-](-c2ccncc2)c1. The van der Waals surface area contributed by atoms with Crippen molar-refractivity contribution in [2.45, 2.75) is 0 Å². The topological polar surface area (TPSA) is 25.8 Å². The van der Waals surface area contributed by atoms with E-state index in [0.717, 1.165) is 0 Å². The minimum absolute atomic E-state index is 0. The van der Waals surface area contributed by atoms with E-state index in [-0.39, 0.29) is 17.1 Å². The van der Waals surface area contributed by atoms with Gasteiger partial charge in [-0.05, 0) is 24.8 Å². The van der Waals surface area contributed by atoms with Gasteiger partial charge in [0.2, 0.25) is 0 Å². The van der Waals surface area contributed by atoms with Crippen molar-refractivity contribution in [2.24, 2.45) is 0 Å². The predicted molar refractivity (Wildman–Crippen MR) is 90.5 cm³/mol. The van der Waals surface area contributed by atoms with Crippen LogP contribution in [-0.2, 0) is 17.1 Å². The van der Waals surface area contributed by atoms with E-state index in [0.29, 0.717) is 0 Å². The molecule has 0 aliphatic carbocycles. The molecule has 0 spiro atoms. The third-order valence-corrected chi connectivity index (χ3v) is 3.35. The molecule has 0 atom stereocenters. The summed E-state index contributed by atoms with van der Waals surface area (Å²) in [6.07, 6.45) is 7.23. The van der Waals surface area contributed by atoms with Crippen molar-refractivity contribution in [1.29, 1.82) is 0 Å². The third-order valence-electron chi connectivity index (χ3n) is 3.35. The molecule has 4 rings (SSSR count). The normalized spacial score (nSPS) is 9.39. The van der Waals surface area contributed by atoms with Gasteiger partial charge in [-0.3, -0.25) is 9.97 Å². The molecule has 0 saturated carbocycles. The second-order valence-electron chi connectivity index (χ2n) is 4.82. The summed E-state index contributed by atoms with van der Waals surface area (Å²) >= 11 is 0. The second kappa shape index (κ2) is 8.84. The van der Waals surface area contributed by atoms with Crippen molar-refractivity contribution in [3.8, 4) is 22.3 Å². The van der Waals surface area contributed by atoms with Crippen molar-refractivity contribution < 1.29 is 17.1 Å². The van der Waals surface area contributed by atoms with Crippen LogP contribution in [-0.4, -0.2) is 9.97 Å². The van der Waals surface area contributed by atoms with Gasteiger partial charge in [0, 0.05) is 0 Å². The van der Waals surface area contributed by atoms with Gasteiger partial charge in [0.15, 0.2) is 0 Å². The Morgan fingerprint density at radius 3 is 1.13 bits per heavy atom. The van der Waals surface area contributed by atoms with E-state index in [1.807, 2.05) is 73.3 Å². The van der Waals surface area contributed by atoms with E-state index in [1.165, 1.54) is 22.3 Å². The average Bonchev–Trinajstić information content (AvgIpc) is 3.31. The Bertz CT molecular complexity index is 691. The zero-order valence-corrected chi connectivity index (χ0v) is 13.6. The predicted octanol–water partition coefficient (Wildman–Crippen LogP) is 4.93. The maximum absolute atomic E-state index is 3.96. The van der Waals surface area contributed by atoms with Gasteiger partial charge in [-0.15, -0.1) is 59.7 Å². The molecule has 114 valence electrons. The largest absolute Gasteiger partial charge is 2.00 e. The quantitative estimate of drug-likeness (QED) is 0.382. The molecule has 0 radical (unpaired) electrons. The summed E-state index contributed by atoms with van der Waals surface area (Å²) in [7, 11) is 0.